The Kier molecular flexibility index (Phi) is 5.21. The van der Waals surface area contributed by atoms with E-state index in [4.69, 9.17) is 0 Å². The first kappa shape index (κ1) is 23.9. The number of phenols is 1. The Morgan fingerprint density at radius 1 is 1.06 bits per heavy atom. The highest BCUT2D eigenvalue weighted by molar-refractivity contribution is 6.23. The molecule has 1 fully saturated rings. The number of aliphatic hydroxyl groups excluding tert-OH is 3. The van der Waals surface area contributed by atoms with Crippen molar-refractivity contribution in [3.63, 3.8) is 0 Å². The SMILES string of the molecule is CC(=O)C1=C(O)C2(O)C(=O)C3=C(O)c4c(ccc(-c5ccc(F)cc5)c4O)C(C)C3C(O)C2CC1=O. The van der Waals surface area contributed by atoms with E-state index in [-0.39, 0.29) is 11.1 Å². The summed E-state index contributed by atoms with van der Waals surface area (Å²) in [7, 11) is 0. The molecule has 0 saturated heterocycles. The third-order valence-electron chi connectivity index (χ3n) is 7.76. The van der Waals surface area contributed by atoms with E-state index in [0.717, 1.165) is 6.92 Å². The summed E-state index contributed by atoms with van der Waals surface area (Å²) in [5, 5.41) is 55.8. The van der Waals surface area contributed by atoms with Gasteiger partial charge in [-0.2, -0.15) is 0 Å². The summed E-state index contributed by atoms with van der Waals surface area (Å²) in [6.07, 6.45) is -2.10. The number of carbonyl (C=O) groups is 3. The second kappa shape index (κ2) is 7.84. The van der Waals surface area contributed by atoms with Gasteiger partial charge in [-0.3, -0.25) is 14.4 Å². The van der Waals surface area contributed by atoms with E-state index in [1.165, 1.54) is 24.3 Å². The molecule has 1 saturated carbocycles. The van der Waals surface area contributed by atoms with Crippen LogP contribution in [0.15, 0.2) is 53.3 Å². The maximum atomic E-state index is 13.7. The minimum atomic E-state index is -2.81. The molecule has 3 aliphatic rings. The van der Waals surface area contributed by atoms with Gasteiger partial charge in [0, 0.05) is 29.4 Å². The smallest absolute Gasteiger partial charge is 0.202 e. The van der Waals surface area contributed by atoms with Gasteiger partial charge < -0.3 is 25.5 Å². The molecule has 5 atom stereocenters. The molecule has 3 aliphatic carbocycles. The number of aliphatic hydroxyl groups is 4. The number of Topliss-reactive ketones (excluding diaryl/α,β-unsaturated/α-hetero) is 3. The van der Waals surface area contributed by atoms with Crippen LogP contribution < -0.4 is 0 Å². The van der Waals surface area contributed by atoms with Crippen molar-refractivity contribution in [1.82, 2.24) is 0 Å². The second-order valence-electron chi connectivity index (χ2n) is 9.61. The summed E-state index contributed by atoms with van der Waals surface area (Å²) in [6.45, 7) is 2.67. The summed E-state index contributed by atoms with van der Waals surface area (Å²) in [4.78, 5) is 38.2. The molecule has 2 aromatic carbocycles. The largest absolute Gasteiger partial charge is 0.508 e. The lowest BCUT2D eigenvalue weighted by molar-refractivity contribution is -0.160. The Hall–Kier alpha value is -3.82. The van der Waals surface area contributed by atoms with Gasteiger partial charge in [-0.1, -0.05) is 31.2 Å². The van der Waals surface area contributed by atoms with Crippen LogP contribution >= 0.6 is 0 Å². The Bertz CT molecular complexity index is 1420. The summed E-state index contributed by atoms with van der Waals surface area (Å²) in [6, 6.07) is 8.46. The third kappa shape index (κ3) is 2.96. The van der Waals surface area contributed by atoms with Crippen LogP contribution in [0.5, 0.6) is 5.75 Å². The van der Waals surface area contributed by atoms with Crippen molar-refractivity contribution in [1.29, 1.82) is 0 Å². The monoisotopic (exact) mass is 494 g/mol. The Morgan fingerprint density at radius 3 is 2.31 bits per heavy atom. The number of carbonyl (C=O) groups excluding carboxylic acids is 3. The van der Waals surface area contributed by atoms with E-state index in [1.807, 2.05) is 0 Å². The lowest BCUT2D eigenvalue weighted by Gasteiger charge is -2.50. The number of rotatable bonds is 2. The van der Waals surface area contributed by atoms with Gasteiger partial charge in [0.2, 0.25) is 5.78 Å². The first-order valence-electron chi connectivity index (χ1n) is 11.4. The molecule has 0 amide bonds. The maximum absolute atomic E-state index is 13.7. The van der Waals surface area contributed by atoms with Crippen molar-refractivity contribution in [2.24, 2.45) is 11.8 Å². The van der Waals surface area contributed by atoms with E-state index in [2.05, 4.69) is 0 Å². The van der Waals surface area contributed by atoms with Crippen LogP contribution in [-0.2, 0) is 14.4 Å². The number of benzene rings is 2. The predicted octanol–water partition coefficient (Wildman–Crippen LogP) is 2.87. The average molecular weight is 494 g/mol. The van der Waals surface area contributed by atoms with Gasteiger partial charge in [0.25, 0.3) is 0 Å². The first-order chi connectivity index (χ1) is 16.9. The molecular formula is C27H23FO8. The number of hydrogen-bond acceptors (Lipinski definition) is 8. The topological polar surface area (TPSA) is 152 Å². The quantitative estimate of drug-likeness (QED) is 0.400. The minimum absolute atomic E-state index is 0.0969. The molecule has 0 aromatic heterocycles. The molecule has 5 rings (SSSR count). The van der Waals surface area contributed by atoms with Gasteiger partial charge in [-0.25, -0.2) is 4.39 Å². The molecule has 0 spiro atoms. The molecule has 5 unspecified atom stereocenters. The average Bonchev–Trinajstić information content (AvgIpc) is 2.82. The van der Waals surface area contributed by atoms with Crippen LogP contribution in [0.4, 0.5) is 4.39 Å². The van der Waals surface area contributed by atoms with E-state index < -0.39 is 87.5 Å². The van der Waals surface area contributed by atoms with E-state index in [9.17, 15) is 44.3 Å². The Morgan fingerprint density at radius 2 is 1.69 bits per heavy atom. The Balaban J connectivity index is 1.75. The van der Waals surface area contributed by atoms with Crippen molar-refractivity contribution in [2.45, 2.75) is 37.9 Å². The predicted molar refractivity (Wildman–Crippen MR) is 124 cm³/mol. The number of hydrogen-bond donors (Lipinski definition) is 5. The molecule has 0 aliphatic heterocycles. The number of fused-ring (bicyclic) bond motifs is 3. The minimum Gasteiger partial charge on any atom is -0.508 e. The molecule has 8 nitrogen and oxygen atoms in total. The number of aromatic hydroxyl groups is 1. The van der Waals surface area contributed by atoms with Crippen LogP contribution in [0.3, 0.4) is 0 Å². The summed E-state index contributed by atoms with van der Waals surface area (Å²) < 4.78 is 13.4. The number of halogens is 1. The summed E-state index contributed by atoms with van der Waals surface area (Å²) in [5.41, 5.74) is -2.95. The lowest BCUT2D eigenvalue weighted by atomic mass is 9.55. The zero-order chi connectivity index (χ0) is 26.3. The fraction of sp³-hybridized carbons (Fsp3) is 0.296. The van der Waals surface area contributed by atoms with Crippen LogP contribution in [0, 0.1) is 17.7 Å². The van der Waals surface area contributed by atoms with E-state index in [1.54, 1.807) is 19.1 Å². The number of phenolic OH excluding ortho intramolecular Hbond substituents is 1. The molecule has 9 heteroatoms. The van der Waals surface area contributed by atoms with Crippen LogP contribution in [0.25, 0.3) is 16.9 Å². The fourth-order valence-corrected chi connectivity index (χ4v) is 5.97. The van der Waals surface area contributed by atoms with Gasteiger partial charge in [0.1, 0.15) is 28.7 Å². The summed E-state index contributed by atoms with van der Waals surface area (Å²) >= 11 is 0. The highest BCUT2D eigenvalue weighted by Gasteiger charge is 2.64. The molecule has 0 radical (unpaired) electrons. The van der Waals surface area contributed by atoms with Gasteiger partial charge in [0.15, 0.2) is 17.2 Å². The standard InChI is InChI=1S/C27H23FO8/c1-10-14-7-8-15(12-3-5-13(28)6-4-12)22(31)20(14)24(33)21-18(10)23(32)16-9-17(30)19(11(2)29)25(34)27(16,36)26(21)35/h3-8,10,16,18,23,31-34,36H,9H2,1-2H3. The van der Waals surface area contributed by atoms with Crippen molar-refractivity contribution >= 4 is 23.1 Å². The van der Waals surface area contributed by atoms with Gasteiger partial charge in [-0.15, -0.1) is 0 Å². The van der Waals surface area contributed by atoms with Crippen LogP contribution in [0.2, 0.25) is 0 Å². The molecule has 0 heterocycles. The maximum Gasteiger partial charge on any atom is 0.202 e. The van der Waals surface area contributed by atoms with Crippen molar-refractivity contribution in [3.05, 3.63) is 70.2 Å². The molecular weight excluding hydrogens is 471 g/mol. The van der Waals surface area contributed by atoms with E-state index >= 15 is 0 Å². The lowest BCUT2D eigenvalue weighted by Crippen LogP contribution is -2.63. The highest BCUT2D eigenvalue weighted by Crippen LogP contribution is 2.56. The van der Waals surface area contributed by atoms with Crippen LogP contribution in [-0.4, -0.2) is 54.6 Å². The van der Waals surface area contributed by atoms with Crippen molar-refractivity contribution < 1.29 is 44.3 Å². The van der Waals surface area contributed by atoms with Gasteiger partial charge >= 0.3 is 0 Å². The molecule has 36 heavy (non-hydrogen) atoms. The molecule has 186 valence electrons. The zero-order valence-electron chi connectivity index (χ0n) is 19.3. The first-order valence-corrected chi connectivity index (χ1v) is 11.4. The fourth-order valence-electron chi connectivity index (χ4n) is 5.97. The molecule has 5 N–H and O–H groups in total. The normalized spacial score (nSPS) is 29.6. The number of allylic oxidation sites excluding steroid dienone is 1. The summed E-state index contributed by atoms with van der Waals surface area (Å²) in [5.74, 6) is -8.70. The van der Waals surface area contributed by atoms with E-state index in [0.29, 0.717) is 11.1 Å². The zero-order valence-corrected chi connectivity index (χ0v) is 19.3. The van der Waals surface area contributed by atoms with Crippen LogP contribution in [0.1, 0.15) is 37.3 Å². The van der Waals surface area contributed by atoms with Crippen molar-refractivity contribution in [3.8, 4) is 16.9 Å². The third-order valence-corrected chi connectivity index (χ3v) is 7.76. The molecule has 0 bridgehead atoms. The molecule has 2 aromatic rings. The number of ketones is 3. The second-order valence-corrected chi connectivity index (χ2v) is 9.61. The van der Waals surface area contributed by atoms with Crippen molar-refractivity contribution in [2.75, 3.05) is 0 Å². The highest BCUT2D eigenvalue weighted by atomic mass is 19.1. The van der Waals surface area contributed by atoms with Gasteiger partial charge in [0.05, 0.1) is 11.7 Å². The Labute approximate surface area is 204 Å². The van der Waals surface area contributed by atoms with Gasteiger partial charge in [-0.05, 0) is 36.1 Å².